The summed E-state index contributed by atoms with van der Waals surface area (Å²) in [6.07, 6.45) is 4.71. The van der Waals surface area contributed by atoms with Gasteiger partial charge >= 0.3 is 0 Å². The molecule has 20 heavy (non-hydrogen) atoms. The van der Waals surface area contributed by atoms with Gasteiger partial charge in [0.05, 0.1) is 0 Å². The lowest BCUT2D eigenvalue weighted by Gasteiger charge is -2.26. The summed E-state index contributed by atoms with van der Waals surface area (Å²) in [5.74, 6) is 0. The number of nitrogen functional groups attached to an aromatic ring is 1. The van der Waals surface area contributed by atoms with Crippen LogP contribution < -0.4 is 10.6 Å². The number of hydrogen-bond acceptors (Lipinski definition) is 4. The van der Waals surface area contributed by atoms with Crippen LogP contribution in [0.25, 0.3) is 10.9 Å². The van der Waals surface area contributed by atoms with Crippen LogP contribution in [0.2, 0.25) is 0 Å². The molecule has 0 unspecified atom stereocenters. The number of nitrogens with one attached hydrogen (secondary N) is 2. The van der Waals surface area contributed by atoms with Crippen LogP contribution in [0.5, 0.6) is 0 Å². The molecule has 1 aromatic carbocycles. The Balaban J connectivity index is 1.92. The maximum absolute atomic E-state index is 12.5. The topological polar surface area (TPSA) is 91.2 Å². The third kappa shape index (κ3) is 2.52. The highest BCUT2D eigenvalue weighted by Gasteiger charge is 2.22. The number of hydrogen-bond donors (Lipinski definition) is 3. The average molecular weight is 294 g/mol. The van der Waals surface area contributed by atoms with Gasteiger partial charge in [0.2, 0.25) is 0 Å². The van der Waals surface area contributed by atoms with Crippen LogP contribution in [0.1, 0.15) is 19.3 Å². The van der Waals surface area contributed by atoms with Crippen LogP contribution in [0.3, 0.4) is 0 Å². The minimum absolute atomic E-state index is 0.262. The van der Waals surface area contributed by atoms with Crippen molar-refractivity contribution in [2.75, 3.05) is 18.8 Å². The Labute approximate surface area is 118 Å². The predicted molar refractivity (Wildman–Crippen MR) is 78.5 cm³/mol. The van der Waals surface area contributed by atoms with E-state index in [1.165, 1.54) is 6.20 Å². The second kappa shape index (κ2) is 5.08. The standard InChI is InChI=1S/C13H18N4O2S/c14-10-4-5-11-12(8-10)15-9-13(11)20(18,19)16-17-6-2-1-3-7-17/h4-5,8-9,15-16H,1-3,6-7,14H2. The van der Waals surface area contributed by atoms with Crippen molar-refractivity contribution < 1.29 is 8.42 Å². The Morgan fingerprint density at radius 3 is 2.70 bits per heavy atom. The Bertz CT molecular complexity index is 717. The molecule has 1 aliphatic heterocycles. The van der Waals surface area contributed by atoms with E-state index in [1.54, 1.807) is 23.2 Å². The second-order valence-corrected chi connectivity index (χ2v) is 6.73. The Hall–Kier alpha value is -1.57. The van der Waals surface area contributed by atoms with Crippen LogP contribution in [-0.2, 0) is 10.0 Å². The van der Waals surface area contributed by atoms with Gasteiger partial charge in [-0.1, -0.05) is 6.42 Å². The number of aromatic amines is 1. The number of rotatable bonds is 3. The summed E-state index contributed by atoms with van der Waals surface area (Å²) in [7, 11) is -3.55. The smallest absolute Gasteiger partial charge is 0.255 e. The largest absolute Gasteiger partial charge is 0.399 e. The first-order chi connectivity index (χ1) is 9.56. The van der Waals surface area contributed by atoms with Crippen molar-refractivity contribution in [3.8, 4) is 0 Å². The van der Waals surface area contributed by atoms with E-state index in [0.717, 1.165) is 37.9 Å². The van der Waals surface area contributed by atoms with Gasteiger partial charge in [0.1, 0.15) is 4.90 Å². The van der Waals surface area contributed by atoms with Crippen LogP contribution in [0.15, 0.2) is 29.3 Å². The summed E-state index contributed by atoms with van der Waals surface area (Å²) in [6, 6.07) is 5.16. The molecule has 0 atom stereocenters. The fraction of sp³-hybridized carbons (Fsp3) is 0.385. The zero-order valence-electron chi connectivity index (χ0n) is 11.1. The molecule has 4 N–H and O–H groups in total. The first kappa shape index (κ1) is 13.4. The van der Waals surface area contributed by atoms with Crippen molar-refractivity contribution >= 4 is 26.6 Å². The van der Waals surface area contributed by atoms with Crippen molar-refractivity contribution in [3.63, 3.8) is 0 Å². The van der Waals surface area contributed by atoms with E-state index in [1.807, 2.05) is 0 Å². The van der Waals surface area contributed by atoms with Gasteiger partial charge in [-0.2, -0.15) is 0 Å². The molecule has 0 spiro atoms. The molecule has 0 saturated carbocycles. The normalized spacial score (nSPS) is 17.6. The van der Waals surface area contributed by atoms with E-state index in [4.69, 9.17) is 5.73 Å². The third-order valence-electron chi connectivity index (χ3n) is 3.56. The first-order valence-electron chi connectivity index (χ1n) is 6.70. The van der Waals surface area contributed by atoms with Gasteiger partial charge in [-0.15, -0.1) is 4.83 Å². The molecule has 7 heteroatoms. The number of H-pyrrole nitrogens is 1. The maximum atomic E-state index is 12.5. The molecule has 1 aliphatic rings. The van der Waals surface area contributed by atoms with Gasteiger partial charge in [0, 0.05) is 35.9 Å². The molecule has 0 amide bonds. The van der Waals surface area contributed by atoms with Gasteiger partial charge in [-0.3, -0.25) is 0 Å². The van der Waals surface area contributed by atoms with Gasteiger partial charge in [-0.25, -0.2) is 13.4 Å². The van der Waals surface area contributed by atoms with Gasteiger partial charge < -0.3 is 10.7 Å². The molecule has 108 valence electrons. The molecule has 0 radical (unpaired) electrons. The number of nitrogens with two attached hydrogens (primary N) is 1. The number of benzene rings is 1. The molecular formula is C13H18N4O2S. The SMILES string of the molecule is Nc1ccc2c(S(=O)(=O)NN3CCCCC3)c[nH]c2c1. The molecule has 2 heterocycles. The Morgan fingerprint density at radius 2 is 1.95 bits per heavy atom. The highest BCUT2D eigenvalue weighted by atomic mass is 32.2. The van der Waals surface area contributed by atoms with E-state index in [2.05, 4.69) is 9.82 Å². The zero-order valence-corrected chi connectivity index (χ0v) is 11.9. The van der Waals surface area contributed by atoms with E-state index < -0.39 is 10.0 Å². The molecular weight excluding hydrogens is 276 g/mol. The molecule has 3 rings (SSSR count). The fourth-order valence-corrected chi connectivity index (χ4v) is 3.85. The number of anilines is 1. The van der Waals surface area contributed by atoms with E-state index >= 15 is 0 Å². The van der Waals surface area contributed by atoms with Crippen LogP contribution >= 0.6 is 0 Å². The predicted octanol–water partition coefficient (Wildman–Crippen LogP) is 1.43. The number of sulfonamides is 1. The van der Waals surface area contributed by atoms with Crippen LogP contribution in [-0.4, -0.2) is 31.5 Å². The van der Waals surface area contributed by atoms with Gasteiger partial charge in [0.25, 0.3) is 10.0 Å². The molecule has 1 fully saturated rings. The summed E-state index contributed by atoms with van der Waals surface area (Å²) in [5, 5.41) is 2.43. The summed E-state index contributed by atoms with van der Waals surface area (Å²) in [5.41, 5.74) is 7.03. The van der Waals surface area contributed by atoms with Crippen molar-refractivity contribution in [1.29, 1.82) is 0 Å². The molecule has 6 nitrogen and oxygen atoms in total. The molecule has 2 aromatic rings. The Kier molecular flexibility index (Phi) is 3.41. The summed E-state index contributed by atoms with van der Waals surface area (Å²) < 4.78 is 24.9. The van der Waals surface area contributed by atoms with Crippen LogP contribution in [0.4, 0.5) is 5.69 Å². The fourth-order valence-electron chi connectivity index (χ4n) is 2.54. The number of piperidine rings is 1. The summed E-state index contributed by atoms with van der Waals surface area (Å²) >= 11 is 0. The average Bonchev–Trinajstić information content (AvgIpc) is 2.83. The van der Waals surface area contributed by atoms with Crippen LogP contribution in [0, 0.1) is 0 Å². The quantitative estimate of drug-likeness (QED) is 0.747. The summed E-state index contributed by atoms with van der Waals surface area (Å²) in [4.78, 5) is 5.88. The molecule has 0 bridgehead atoms. The number of fused-ring (bicyclic) bond motifs is 1. The lowest BCUT2D eigenvalue weighted by molar-refractivity contribution is 0.200. The Morgan fingerprint density at radius 1 is 1.20 bits per heavy atom. The molecule has 1 aromatic heterocycles. The van der Waals surface area contributed by atoms with E-state index in [9.17, 15) is 8.42 Å². The van der Waals surface area contributed by atoms with Gasteiger partial charge in [0.15, 0.2) is 0 Å². The third-order valence-corrected chi connectivity index (χ3v) is 4.98. The lowest BCUT2D eigenvalue weighted by Crippen LogP contribution is -2.44. The number of hydrazine groups is 1. The first-order valence-corrected chi connectivity index (χ1v) is 8.18. The zero-order chi connectivity index (χ0) is 14.2. The monoisotopic (exact) mass is 294 g/mol. The number of nitrogens with zero attached hydrogens (tertiary/aromatic N) is 1. The van der Waals surface area contributed by atoms with Crippen molar-refractivity contribution in [3.05, 3.63) is 24.4 Å². The van der Waals surface area contributed by atoms with Crippen molar-refractivity contribution in [1.82, 2.24) is 14.8 Å². The molecule has 1 saturated heterocycles. The van der Waals surface area contributed by atoms with Gasteiger partial charge in [-0.05, 0) is 31.0 Å². The maximum Gasteiger partial charge on any atom is 0.255 e. The van der Waals surface area contributed by atoms with Crippen molar-refractivity contribution in [2.45, 2.75) is 24.2 Å². The number of aromatic nitrogens is 1. The lowest BCUT2D eigenvalue weighted by atomic mass is 10.2. The summed E-state index contributed by atoms with van der Waals surface area (Å²) in [6.45, 7) is 1.52. The minimum Gasteiger partial charge on any atom is -0.399 e. The van der Waals surface area contributed by atoms with Crippen molar-refractivity contribution in [2.24, 2.45) is 0 Å². The highest BCUT2D eigenvalue weighted by molar-refractivity contribution is 7.89. The van der Waals surface area contributed by atoms with E-state index in [-0.39, 0.29) is 4.90 Å². The van der Waals surface area contributed by atoms with E-state index in [0.29, 0.717) is 11.1 Å². The second-order valence-electron chi connectivity index (χ2n) is 5.10. The highest BCUT2D eigenvalue weighted by Crippen LogP contribution is 2.24. The minimum atomic E-state index is -3.55. The molecule has 0 aliphatic carbocycles.